The van der Waals surface area contributed by atoms with Crippen LogP contribution in [0.4, 0.5) is 14.5 Å². The van der Waals surface area contributed by atoms with Crippen LogP contribution in [-0.4, -0.2) is 30.3 Å². The third kappa shape index (κ3) is 2.20. The molecule has 2 aliphatic rings. The number of hydrogen-bond acceptors (Lipinski definition) is 3. The van der Waals surface area contributed by atoms with Crippen LogP contribution in [0, 0.1) is 17.0 Å². The van der Waals surface area contributed by atoms with Crippen LogP contribution in [0.25, 0.3) is 0 Å². The van der Waals surface area contributed by atoms with Crippen LogP contribution in [0.5, 0.6) is 0 Å². The van der Waals surface area contributed by atoms with Crippen LogP contribution in [0.3, 0.4) is 0 Å². The number of nitrogens with zero attached hydrogens (tertiary/aromatic N) is 3. The molecule has 0 aromatic heterocycles. The van der Waals surface area contributed by atoms with Gasteiger partial charge in [-0.15, -0.1) is 0 Å². The fourth-order valence-electron chi connectivity index (χ4n) is 2.85. The van der Waals surface area contributed by atoms with Gasteiger partial charge in [0, 0.05) is 36.9 Å². The fraction of sp³-hybridized carbons (Fsp3) is 0.400. The molecule has 0 spiro atoms. The van der Waals surface area contributed by atoms with Crippen LogP contribution >= 0.6 is 11.6 Å². The van der Waals surface area contributed by atoms with Gasteiger partial charge in [-0.1, -0.05) is 25.4 Å². The van der Waals surface area contributed by atoms with Crippen molar-refractivity contribution in [2.75, 3.05) is 18.5 Å². The van der Waals surface area contributed by atoms with Crippen LogP contribution in [0.1, 0.15) is 13.8 Å². The minimum Gasteiger partial charge on any atom is -0.326 e. The summed E-state index contributed by atoms with van der Waals surface area (Å²) in [6.45, 7) is 4.72. The molecule has 0 amide bonds. The summed E-state index contributed by atoms with van der Waals surface area (Å²) in [5.74, 6) is -0.347. The molecule has 112 valence electrons. The van der Waals surface area contributed by atoms with E-state index in [2.05, 4.69) is 18.8 Å². The lowest BCUT2D eigenvalue weighted by Crippen LogP contribution is -2.36. The second-order valence-corrected chi connectivity index (χ2v) is 6.39. The van der Waals surface area contributed by atoms with E-state index in [0.29, 0.717) is 12.2 Å². The van der Waals surface area contributed by atoms with Crippen molar-refractivity contribution in [3.05, 3.63) is 41.2 Å². The van der Waals surface area contributed by atoms with Gasteiger partial charge in [0.15, 0.2) is 5.62 Å². The number of alkyl halides is 1. The van der Waals surface area contributed by atoms with Gasteiger partial charge in [0.05, 0.1) is 5.69 Å². The SMILES string of the molecule is CN1C2=C(C=NC1Cl)C(C)(C)CN2c1ccc(F)cc1F. The van der Waals surface area contributed by atoms with Crippen molar-refractivity contribution in [2.24, 2.45) is 10.4 Å². The number of aliphatic imine (C=N–C) groups is 1. The first-order chi connectivity index (χ1) is 9.81. The Balaban J connectivity index is 2.12. The maximum atomic E-state index is 14.1. The van der Waals surface area contributed by atoms with E-state index >= 15 is 0 Å². The average molecular weight is 312 g/mol. The fourth-order valence-corrected chi connectivity index (χ4v) is 3.00. The molecule has 1 aromatic carbocycles. The third-order valence-electron chi connectivity index (χ3n) is 3.96. The quantitative estimate of drug-likeness (QED) is 0.583. The Kier molecular flexibility index (Phi) is 3.20. The van der Waals surface area contributed by atoms with E-state index in [1.165, 1.54) is 12.1 Å². The summed E-state index contributed by atoms with van der Waals surface area (Å²) in [5.41, 5.74) is 0.639. The molecule has 0 fully saturated rings. The Morgan fingerprint density at radius 2 is 2.05 bits per heavy atom. The third-order valence-corrected chi connectivity index (χ3v) is 4.37. The number of rotatable bonds is 1. The molecule has 0 N–H and O–H groups in total. The highest BCUT2D eigenvalue weighted by atomic mass is 35.5. The maximum absolute atomic E-state index is 14.1. The van der Waals surface area contributed by atoms with Gasteiger partial charge in [-0.25, -0.2) is 8.78 Å². The molecule has 3 rings (SSSR count). The second-order valence-electron chi connectivity index (χ2n) is 6.00. The van der Waals surface area contributed by atoms with Crippen molar-refractivity contribution in [2.45, 2.75) is 19.5 Å². The first-order valence-corrected chi connectivity index (χ1v) is 7.12. The highest BCUT2D eigenvalue weighted by Gasteiger charge is 2.42. The largest absolute Gasteiger partial charge is 0.326 e. The van der Waals surface area contributed by atoms with E-state index in [1.54, 1.807) is 11.1 Å². The van der Waals surface area contributed by atoms with Crippen molar-refractivity contribution in [3.8, 4) is 0 Å². The predicted octanol–water partition coefficient (Wildman–Crippen LogP) is 3.56. The van der Waals surface area contributed by atoms with Crippen LogP contribution in [-0.2, 0) is 0 Å². The summed E-state index contributed by atoms with van der Waals surface area (Å²) in [7, 11) is 1.82. The van der Waals surface area contributed by atoms with Crippen LogP contribution in [0.15, 0.2) is 34.6 Å². The van der Waals surface area contributed by atoms with E-state index in [9.17, 15) is 8.78 Å². The monoisotopic (exact) mass is 311 g/mol. The summed E-state index contributed by atoms with van der Waals surface area (Å²) in [5, 5.41) is 0. The maximum Gasteiger partial charge on any atom is 0.198 e. The van der Waals surface area contributed by atoms with Crippen molar-refractivity contribution in [1.29, 1.82) is 0 Å². The van der Waals surface area contributed by atoms with Gasteiger partial charge in [-0.3, -0.25) is 4.99 Å². The first kappa shape index (κ1) is 14.3. The summed E-state index contributed by atoms with van der Waals surface area (Å²) in [4.78, 5) is 7.88. The number of anilines is 1. The summed E-state index contributed by atoms with van der Waals surface area (Å²) in [6, 6.07) is 3.62. The Labute approximate surface area is 127 Å². The average Bonchev–Trinajstić information content (AvgIpc) is 2.66. The zero-order chi connectivity index (χ0) is 15.4. The summed E-state index contributed by atoms with van der Waals surface area (Å²) < 4.78 is 27.3. The van der Waals surface area contributed by atoms with Gasteiger partial charge < -0.3 is 9.80 Å². The number of benzene rings is 1. The molecule has 0 saturated heterocycles. The molecular weight excluding hydrogens is 296 g/mol. The molecule has 1 atom stereocenters. The lowest BCUT2D eigenvalue weighted by atomic mass is 9.87. The molecule has 21 heavy (non-hydrogen) atoms. The van der Waals surface area contributed by atoms with Crippen molar-refractivity contribution in [1.82, 2.24) is 4.90 Å². The normalized spacial score (nSPS) is 23.8. The highest BCUT2D eigenvalue weighted by Crippen LogP contribution is 2.44. The van der Waals surface area contributed by atoms with Gasteiger partial charge >= 0.3 is 0 Å². The first-order valence-electron chi connectivity index (χ1n) is 6.69. The Hall–Kier alpha value is -1.62. The molecule has 0 aliphatic carbocycles. The van der Waals surface area contributed by atoms with Crippen LogP contribution < -0.4 is 4.90 Å². The lowest BCUT2D eigenvalue weighted by molar-refractivity contribution is 0.380. The van der Waals surface area contributed by atoms with Gasteiger partial charge in [0.25, 0.3) is 0 Å². The van der Waals surface area contributed by atoms with Crippen molar-refractivity contribution in [3.63, 3.8) is 0 Å². The predicted molar refractivity (Wildman–Crippen MR) is 80.4 cm³/mol. The second kappa shape index (κ2) is 4.70. The topological polar surface area (TPSA) is 18.8 Å². The lowest BCUT2D eigenvalue weighted by Gasteiger charge is -2.33. The van der Waals surface area contributed by atoms with Gasteiger partial charge in [0.1, 0.15) is 17.5 Å². The standard InChI is InChI=1S/C15H16ClF2N3/c1-15(2)8-21(12-5-4-9(17)6-11(12)18)13-10(15)7-19-14(16)20(13)3/h4-7,14H,8H2,1-3H3. The van der Waals surface area contributed by atoms with Crippen LogP contribution in [0.2, 0.25) is 0 Å². The van der Waals surface area contributed by atoms with E-state index in [1.807, 2.05) is 11.9 Å². The Bertz CT molecular complexity index is 654. The van der Waals surface area contributed by atoms with E-state index in [4.69, 9.17) is 11.6 Å². The minimum absolute atomic E-state index is 0.190. The van der Waals surface area contributed by atoms with E-state index in [0.717, 1.165) is 17.5 Å². The highest BCUT2D eigenvalue weighted by molar-refractivity contribution is 6.21. The Morgan fingerprint density at radius 3 is 2.71 bits per heavy atom. The van der Waals surface area contributed by atoms with E-state index in [-0.39, 0.29) is 5.41 Å². The zero-order valence-electron chi connectivity index (χ0n) is 12.1. The molecule has 1 unspecified atom stereocenters. The molecule has 2 aliphatic heterocycles. The molecule has 3 nitrogen and oxygen atoms in total. The van der Waals surface area contributed by atoms with Crippen molar-refractivity contribution < 1.29 is 8.78 Å². The minimum atomic E-state index is -0.585. The summed E-state index contributed by atoms with van der Waals surface area (Å²) in [6.07, 6.45) is 1.76. The molecule has 1 aromatic rings. The van der Waals surface area contributed by atoms with Crippen molar-refractivity contribution >= 4 is 23.5 Å². The van der Waals surface area contributed by atoms with Gasteiger partial charge in [0.2, 0.25) is 0 Å². The number of hydrogen-bond donors (Lipinski definition) is 0. The number of halogens is 3. The molecule has 0 radical (unpaired) electrons. The molecule has 0 saturated carbocycles. The summed E-state index contributed by atoms with van der Waals surface area (Å²) >= 11 is 6.16. The Morgan fingerprint density at radius 1 is 1.33 bits per heavy atom. The molecule has 2 heterocycles. The van der Waals surface area contributed by atoms with E-state index < -0.39 is 17.3 Å². The van der Waals surface area contributed by atoms with Gasteiger partial charge in [-0.2, -0.15) is 0 Å². The smallest absolute Gasteiger partial charge is 0.198 e. The molecular formula is C15H16ClF2N3. The molecule has 0 bridgehead atoms. The molecule has 6 heteroatoms. The van der Waals surface area contributed by atoms with Gasteiger partial charge in [-0.05, 0) is 12.1 Å². The zero-order valence-corrected chi connectivity index (χ0v) is 12.8.